The third-order valence-corrected chi connectivity index (χ3v) is 4.13. The molecule has 4 aromatic rings. The zero-order chi connectivity index (χ0) is 20.8. The van der Waals surface area contributed by atoms with E-state index in [0.717, 1.165) is 11.3 Å². The van der Waals surface area contributed by atoms with E-state index in [9.17, 15) is 4.79 Å². The van der Waals surface area contributed by atoms with Crippen LogP contribution in [0.15, 0.2) is 81.6 Å². The predicted octanol–water partition coefficient (Wildman–Crippen LogP) is 4.87. The van der Waals surface area contributed by atoms with Crippen molar-refractivity contribution in [3.63, 3.8) is 0 Å². The van der Waals surface area contributed by atoms with Crippen molar-refractivity contribution in [1.29, 1.82) is 0 Å². The average Bonchev–Trinajstić information content (AvgIpc) is 3.41. The fourth-order valence-electron chi connectivity index (χ4n) is 2.67. The van der Waals surface area contributed by atoms with E-state index < -0.39 is 0 Å². The SMILES string of the molecule is Cc1ccc(C=CC(=O)Nc2ccc(OCc3nnc(-c4ccccc4)o3)cc2)o1. The predicted molar refractivity (Wildman–Crippen MR) is 112 cm³/mol. The highest BCUT2D eigenvalue weighted by molar-refractivity contribution is 6.01. The van der Waals surface area contributed by atoms with Crippen LogP contribution in [0.1, 0.15) is 17.4 Å². The fourth-order valence-corrected chi connectivity index (χ4v) is 2.67. The zero-order valence-corrected chi connectivity index (χ0v) is 16.2. The second kappa shape index (κ2) is 8.91. The summed E-state index contributed by atoms with van der Waals surface area (Å²) in [6.45, 7) is 2.00. The topological polar surface area (TPSA) is 90.4 Å². The maximum atomic E-state index is 12.0. The van der Waals surface area contributed by atoms with E-state index in [4.69, 9.17) is 13.6 Å². The Balaban J connectivity index is 1.29. The van der Waals surface area contributed by atoms with Crippen molar-refractivity contribution in [3.05, 3.63) is 90.2 Å². The summed E-state index contributed by atoms with van der Waals surface area (Å²) < 4.78 is 16.7. The van der Waals surface area contributed by atoms with Crippen molar-refractivity contribution in [3.8, 4) is 17.2 Å². The smallest absolute Gasteiger partial charge is 0.254 e. The average molecular weight is 401 g/mol. The lowest BCUT2D eigenvalue weighted by Gasteiger charge is -2.05. The van der Waals surface area contributed by atoms with Crippen LogP contribution < -0.4 is 10.1 Å². The van der Waals surface area contributed by atoms with Gasteiger partial charge in [-0.05, 0) is 61.5 Å². The number of ether oxygens (including phenoxy) is 1. The molecule has 0 aliphatic carbocycles. The van der Waals surface area contributed by atoms with Crippen LogP contribution in [-0.2, 0) is 11.4 Å². The summed E-state index contributed by atoms with van der Waals surface area (Å²) in [5.74, 6) is 2.62. The molecule has 4 rings (SSSR count). The number of benzene rings is 2. The first-order valence-electron chi connectivity index (χ1n) is 9.32. The van der Waals surface area contributed by atoms with Gasteiger partial charge in [0.15, 0.2) is 6.61 Å². The fraction of sp³-hybridized carbons (Fsp3) is 0.0870. The minimum Gasteiger partial charge on any atom is -0.484 e. The number of carbonyl (C=O) groups excluding carboxylic acids is 1. The van der Waals surface area contributed by atoms with Crippen LogP contribution in [-0.4, -0.2) is 16.1 Å². The Morgan fingerprint density at radius 2 is 1.80 bits per heavy atom. The second-order valence-electron chi connectivity index (χ2n) is 6.45. The number of furan rings is 1. The van der Waals surface area contributed by atoms with Crippen LogP contribution in [0.25, 0.3) is 17.5 Å². The molecule has 0 atom stereocenters. The Hall–Kier alpha value is -4.13. The van der Waals surface area contributed by atoms with Crippen molar-refractivity contribution in [2.24, 2.45) is 0 Å². The zero-order valence-electron chi connectivity index (χ0n) is 16.2. The summed E-state index contributed by atoms with van der Waals surface area (Å²) in [5.41, 5.74) is 1.50. The van der Waals surface area contributed by atoms with E-state index in [1.807, 2.05) is 43.3 Å². The normalized spacial score (nSPS) is 11.0. The lowest BCUT2D eigenvalue weighted by atomic mass is 10.2. The monoisotopic (exact) mass is 401 g/mol. The molecule has 0 aliphatic heterocycles. The number of nitrogens with one attached hydrogen (secondary N) is 1. The lowest BCUT2D eigenvalue weighted by molar-refractivity contribution is -0.111. The van der Waals surface area contributed by atoms with Crippen molar-refractivity contribution in [2.75, 3.05) is 5.32 Å². The van der Waals surface area contributed by atoms with Gasteiger partial charge in [-0.1, -0.05) is 18.2 Å². The largest absolute Gasteiger partial charge is 0.484 e. The van der Waals surface area contributed by atoms with E-state index in [1.54, 1.807) is 36.4 Å². The van der Waals surface area contributed by atoms with Gasteiger partial charge in [-0.15, -0.1) is 10.2 Å². The number of aryl methyl sites for hydroxylation is 1. The number of carbonyl (C=O) groups is 1. The van der Waals surface area contributed by atoms with Gasteiger partial charge in [-0.25, -0.2) is 0 Å². The number of nitrogens with zero attached hydrogens (tertiary/aromatic N) is 2. The number of rotatable bonds is 7. The lowest BCUT2D eigenvalue weighted by Crippen LogP contribution is -2.07. The Kier molecular flexibility index (Phi) is 5.70. The molecule has 0 bridgehead atoms. The standard InChI is InChI=1S/C23H19N3O4/c1-16-7-10-20(29-16)13-14-21(27)24-18-8-11-19(12-9-18)28-15-22-25-26-23(30-22)17-5-3-2-4-6-17/h2-14H,15H2,1H3,(H,24,27). The Bertz CT molecular complexity index is 1140. The first kappa shape index (κ1) is 19.2. The van der Waals surface area contributed by atoms with Gasteiger partial charge in [0.25, 0.3) is 5.89 Å². The van der Waals surface area contributed by atoms with Gasteiger partial charge in [0, 0.05) is 17.3 Å². The molecular weight excluding hydrogens is 382 g/mol. The molecule has 7 heteroatoms. The molecule has 0 radical (unpaired) electrons. The number of hydrogen-bond acceptors (Lipinski definition) is 6. The van der Waals surface area contributed by atoms with Crippen LogP contribution in [0.2, 0.25) is 0 Å². The van der Waals surface area contributed by atoms with Gasteiger partial charge in [0.2, 0.25) is 11.8 Å². The number of hydrogen-bond donors (Lipinski definition) is 1. The summed E-state index contributed by atoms with van der Waals surface area (Å²) in [6, 6.07) is 20.2. The van der Waals surface area contributed by atoms with E-state index >= 15 is 0 Å². The quantitative estimate of drug-likeness (QED) is 0.444. The van der Waals surface area contributed by atoms with Gasteiger partial charge < -0.3 is 18.9 Å². The van der Waals surface area contributed by atoms with Gasteiger partial charge in [0.1, 0.15) is 17.3 Å². The maximum Gasteiger partial charge on any atom is 0.254 e. The molecule has 0 saturated heterocycles. The Morgan fingerprint density at radius 1 is 1.00 bits per heavy atom. The molecule has 30 heavy (non-hydrogen) atoms. The third kappa shape index (κ3) is 5.02. The van der Waals surface area contributed by atoms with Gasteiger partial charge >= 0.3 is 0 Å². The van der Waals surface area contributed by atoms with Crippen LogP contribution in [0.3, 0.4) is 0 Å². The van der Waals surface area contributed by atoms with Crippen molar-refractivity contribution in [1.82, 2.24) is 10.2 Å². The van der Waals surface area contributed by atoms with Gasteiger partial charge in [-0.3, -0.25) is 4.79 Å². The molecule has 0 spiro atoms. The Labute approximate surface area is 173 Å². The highest BCUT2D eigenvalue weighted by atomic mass is 16.5. The molecule has 0 saturated carbocycles. The number of anilines is 1. The summed E-state index contributed by atoms with van der Waals surface area (Å²) in [5, 5.41) is 10.8. The highest BCUT2D eigenvalue weighted by Gasteiger charge is 2.09. The minimum atomic E-state index is -0.253. The van der Waals surface area contributed by atoms with Crippen LogP contribution in [0.4, 0.5) is 5.69 Å². The van der Waals surface area contributed by atoms with Crippen LogP contribution in [0.5, 0.6) is 5.75 Å². The van der Waals surface area contributed by atoms with Crippen molar-refractivity contribution in [2.45, 2.75) is 13.5 Å². The molecule has 1 amide bonds. The molecular formula is C23H19N3O4. The van der Waals surface area contributed by atoms with E-state index in [-0.39, 0.29) is 12.5 Å². The van der Waals surface area contributed by atoms with Crippen molar-refractivity contribution < 1.29 is 18.4 Å². The second-order valence-corrected chi connectivity index (χ2v) is 6.45. The Morgan fingerprint density at radius 3 is 2.53 bits per heavy atom. The van der Waals surface area contributed by atoms with Gasteiger partial charge in [0.05, 0.1) is 0 Å². The molecule has 0 aliphatic rings. The molecule has 2 aromatic heterocycles. The van der Waals surface area contributed by atoms with Crippen LogP contribution >= 0.6 is 0 Å². The number of amides is 1. The third-order valence-electron chi connectivity index (χ3n) is 4.13. The number of aromatic nitrogens is 2. The summed E-state index contributed by atoms with van der Waals surface area (Å²) >= 11 is 0. The summed E-state index contributed by atoms with van der Waals surface area (Å²) in [4.78, 5) is 12.0. The molecule has 150 valence electrons. The molecule has 0 fully saturated rings. The first-order chi connectivity index (χ1) is 14.7. The highest BCUT2D eigenvalue weighted by Crippen LogP contribution is 2.20. The summed E-state index contributed by atoms with van der Waals surface area (Å²) in [6.07, 6.45) is 3.04. The molecule has 2 heterocycles. The van der Waals surface area contributed by atoms with Crippen LogP contribution in [0, 0.1) is 6.92 Å². The summed E-state index contributed by atoms with van der Waals surface area (Å²) in [7, 11) is 0. The molecule has 2 aromatic carbocycles. The first-order valence-corrected chi connectivity index (χ1v) is 9.32. The molecule has 1 N–H and O–H groups in total. The minimum absolute atomic E-state index is 0.150. The van der Waals surface area contributed by atoms with E-state index in [0.29, 0.717) is 29.0 Å². The van der Waals surface area contributed by atoms with E-state index in [1.165, 1.54) is 6.08 Å². The van der Waals surface area contributed by atoms with Crippen molar-refractivity contribution >= 4 is 17.7 Å². The van der Waals surface area contributed by atoms with Gasteiger partial charge in [-0.2, -0.15) is 0 Å². The van der Waals surface area contributed by atoms with E-state index in [2.05, 4.69) is 15.5 Å². The maximum absolute atomic E-state index is 12.0. The molecule has 0 unspecified atom stereocenters. The molecule has 7 nitrogen and oxygen atoms in total.